The van der Waals surface area contributed by atoms with E-state index in [0.29, 0.717) is 0 Å². The van der Waals surface area contributed by atoms with Gasteiger partial charge in [-0.3, -0.25) is 0 Å². The van der Waals surface area contributed by atoms with Crippen molar-refractivity contribution in [3.63, 3.8) is 0 Å². The molecule has 0 spiro atoms. The number of imidazole rings is 1. The van der Waals surface area contributed by atoms with Crippen LogP contribution in [0.1, 0.15) is 38.6 Å². The van der Waals surface area contributed by atoms with Crippen LogP contribution in [-0.2, 0) is 0 Å². The van der Waals surface area contributed by atoms with Crippen molar-refractivity contribution in [2.24, 2.45) is 5.41 Å². The van der Waals surface area contributed by atoms with E-state index in [1.54, 1.807) is 0 Å². The Labute approximate surface area is 119 Å². The average molecular weight is 273 g/mol. The van der Waals surface area contributed by atoms with Crippen LogP contribution in [0.3, 0.4) is 0 Å². The summed E-state index contributed by atoms with van der Waals surface area (Å²) in [6.45, 7) is 5.66. The van der Waals surface area contributed by atoms with E-state index in [9.17, 15) is 0 Å². The standard InChI is InChI=1S/C15H23N5/c1-15(2)8-5-9-16-12(15)14-17-10-6-7-11(20(3)4)18-13(10)19-14/h6-7,12,16H,5,8-9H2,1-4H3,(H,17,18,19). The predicted molar refractivity (Wildman–Crippen MR) is 82.0 cm³/mol. The summed E-state index contributed by atoms with van der Waals surface area (Å²) < 4.78 is 0. The second-order valence-electron chi connectivity index (χ2n) is 6.54. The number of H-pyrrole nitrogens is 1. The van der Waals surface area contributed by atoms with E-state index >= 15 is 0 Å². The van der Waals surface area contributed by atoms with Crippen LogP contribution in [0.25, 0.3) is 11.2 Å². The minimum absolute atomic E-state index is 0.219. The third kappa shape index (κ3) is 2.26. The number of rotatable bonds is 2. The molecule has 1 saturated heterocycles. The summed E-state index contributed by atoms with van der Waals surface area (Å²) in [5, 5.41) is 3.59. The molecule has 2 aromatic heterocycles. The van der Waals surface area contributed by atoms with Crippen LogP contribution >= 0.6 is 0 Å². The molecule has 1 aliphatic heterocycles. The minimum atomic E-state index is 0.219. The van der Waals surface area contributed by atoms with Crippen molar-refractivity contribution in [2.75, 3.05) is 25.5 Å². The lowest BCUT2D eigenvalue weighted by atomic mass is 9.77. The lowest BCUT2D eigenvalue weighted by Gasteiger charge is -2.38. The molecule has 3 rings (SSSR count). The molecule has 1 unspecified atom stereocenters. The highest BCUT2D eigenvalue weighted by molar-refractivity contribution is 5.73. The van der Waals surface area contributed by atoms with E-state index in [4.69, 9.17) is 4.98 Å². The fourth-order valence-electron chi connectivity index (χ4n) is 2.96. The first-order valence-electron chi connectivity index (χ1n) is 7.25. The largest absolute Gasteiger partial charge is 0.363 e. The fourth-order valence-corrected chi connectivity index (χ4v) is 2.96. The smallest absolute Gasteiger partial charge is 0.179 e. The van der Waals surface area contributed by atoms with Gasteiger partial charge < -0.3 is 15.2 Å². The molecule has 2 aromatic rings. The van der Waals surface area contributed by atoms with Crippen LogP contribution in [0.4, 0.5) is 5.82 Å². The molecule has 0 bridgehead atoms. The lowest BCUT2D eigenvalue weighted by molar-refractivity contribution is 0.175. The normalized spacial score (nSPS) is 22.1. The Morgan fingerprint density at radius 3 is 2.75 bits per heavy atom. The Morgan fingerprint density at radius 1 is 1.25 bits per heavy atom. The molecule has 1 aliphatic rings. The van der Waals surface area contributed by atoms with E-state index in [0.717, 1.165) is 29.4 Å². The van der Waals surface area contributed by atoms with Gasteiger partial charge in [0.15, 0.2) is 5.65 Å². The highest BCUT2D eigenvalue weighted by Gasteiger charge is 2.35. The maximum absolute atomic E-state index is 4.72. The molecule has 2 N–H and O–H groups in total. The summed E-state index contributed by atoms with van der Waals surface area (Å²) in [6, 6.07) is 4.35. The van der Waals surface area contributed by atoms with Crippen LogP contribution in [0.2, 0.25) is 0 Å². The Hall–Kier alpha value is -1.62. The Balaban J connectivity index is 2.00. The van der Waals surface area contributed by atoms with Gasteiger partial charge in [-0.15, -0.1) is 0 Å². The Kier molecular flexibility index (Phi) is 3.17. The van der Waals surface area contributed by atoms with Gasteiger partial charge in [-0.1, -0.05) is 13.8 Å². The summed E-state index contributed by atoms with van der Waals surface area (Å²) in [4.78, 5) is 14.7. The highest BCUT2D eigenvalue weighted by Crippen LogP contribution is 2.39. The van der Waals surface area contributed by atoms with Gasteiger partial charge in [0, 0.05) is 14.1 Å². The summed E-state index contributed by atoms with van der Waals surface area (Å²) in [6.07, 6.45) is 2.45. The molecule has 0 saturated carbocycles. The number of piperidine rings is 1. The fraction of sp³-hybridized carbons (Fsp3) is 0.600. The molecular formula is C15H23N5. The molecule has 0 amide bonds. The molecule has 108 valence electrons. The first-order chi connectivity index (χ1) is 9.47. The molecule has 3 heterocycles. The molecule has 1 atom stereocenters. The number of fused-ring (bicyclic) bond motifs is 1. The van der Waals surface area contributed by atoms with Crippen LogP contribution in [0.5, 0.6) is 0 Å². The minimum Gasteiger partial charge on any atom is -0.363 e. The number of aromatic nitrogens is 3. The first kappa shape index (κ1) is 13.4. The SMILES string of the molecule is CN(C)c1ccc2[nH]c(C3NCCCC3(C)C)nc2n1. The number of hydrogen-bond donors (Lipinski definition) is 2. The Bertz CT molecular complexity index is 614. The highest BCUT2D eigenvalue weighted by atomic mass is 15.2. The summed E-state index contributed by atoms with van der Waals surface area (Å²) in [5.41, 5.74) is 2.03. The molecule has 0 aromatic carbocycles. The maximum atomic E-state index is 4.72. The van der Waals surface area contributed by atoms with Gasteiger partial charge in [-0.05, 0) is 36.9 Å². The topological polar surface area (TPSA) is 56.8 Å². The molecule has 5 nitrogen and oxygen atoms in total. The third-order valence-electron chi connectivity index (χ3n) is 4.21. The number of anilines is 1. The van der Waals surface area contributed by atoms with Gasteiger partial charge in [-0.25, -0.2) is 9.97 Å². The van der Waals surface area contributed by atoms with Crippen molar-refractivity contribution in [1.82, 2.24) is 20.3 Å². The summed E-state index contributed by atoms with van der Waals surface area (Å²) in [7, 11) is 3.99. The second kappa shape index (κ2) is 4.74. The van der Waals surface area contributed by atoms with Crippen molar-refractivity contribution >= 4 is 17.0 Å². The number of nitrogens with one attached hydrogen (secondary N) is 2. The quantitative estimate of drug-likeness (QED) is 0.882. The van der Waals surface area contributed by atoms with Crippen molar-refractivity contribution in [3.05, 3.63) is 18.0 Å². The molecular weight excluding hydrogens is 250 g/mol. The molecule has 1 fully saturated rings. The third-order valence-corrected chi connectivity index (χ3v) is 4.21. The van der Waals surface area contributed by atoms with E-state index in [-0.39, 0.29) is 11.5 Å². The van der Waals surface area contributed by atoms with E-state index in [1.165, 1.54) is 12.8 Å². The zero-order valence-corrected chi connectivity index (χ0v) is 12.7. The van der Waals surface area contributed by atoms with Crippen LogP contribution < -0.4 is 10.2 Å². The van der Waals surface area contributed by atoms with E-state index in [1.807, 2.05) is 25.1 Å². The van der Waals surface area contributed by atoms with Crippen LogP contribution in [-0.4, -0.2) is 35.6 Å². The lowest BCUT2D eigenvalue weighted by Crippen LogP contribution is -2.40. The van der Waals surface area contributed by atoms with Crippen molar-refractivity contribution < 1.29 is 0 Å². The number of hydrogen-bond acceptors (Lipinski definition) is 4. The van der Waals surface area contributed by atoms with Crippen molar-refractivity contribution in [2.45, 2.75) is 32.7 Å². The summed E-state index contributed by atoms with van der Waals surface area (Å²) in [5.74, 6) is 1.94. The van der Waals surface area contributed by atoms with Gasteiger partial charge in [0.1, 0.15) is 11.6 Å². The van der Waals surface area contributed by atoms with Crippen molar-refractivity contribution in [3.8, 4) is 0 Å². The maximum Gasteiger partial charge on any atom is 0.179 e. The van der Waals surface area contributed by atoms with Crippen LogP contribution in [0.15, 0.2) is 12.1 Å². The number of pyridine rings is 1. The monoisotopic (exact) mass is 273 g/mol. The van der Waals surface area contributed by atoms with E-state index in [2.05, 4.69) is 35.2 Å². The van der Waals surface area contributed by atoms with Gasteiger partial charge in [-0.2, -0.15) is 0 Å². The molecule has 20 heavy (non-hydrogen) atoms. The zero-order chi connectivity index (χ0) is 14.3. The van der Waals surface area contributed by atoms with Gasteiger partial charge in [0.25, 0.3) is 0 Å². The molecule has 0 radical (unpaired) electrons. The molecule has 5 heteroatoms. The van der Waals surface area contributed by atoms with Gasteiger partial charge >= 0.3 is 0 Å². The van der Waals surface area contributed by atoms with Gasteiger partial charge in [0.05, 0.1) is 11.6 Å². The zero-order valence-electron chi connectivity index (χ0n) is 12.7. The van der Waals surface area contributed by atoms with E-state index < -0.39 is 0 Å². The Morgan fingerprint density at radius 2 is 2.05 bits per heavy atom. The van der Waals surface area contributed by atoms with Crippen molar-refractivity contribution in [1.29, 1.82) is 0 Å². The molecule has 0 aliphatic carbocycles. The van der Waals surface area contributed by atoms with Gasteiger partial charge in [0.2, 0.25) is 0 Å². The average Bonchev–Trinajstić information content (AvgIpc) is 2.80. The second-order valence-corrected chi connectivity index (χ2v) is 6.54. The number of aromatic amines is 1. The predicted octanol–water partition coefficient (Wildman–Crippen LogP) is 2.47. The first-order valence-corrected chi connectivity index (χ1v) is 7.25. The summed E-state index contributed by atoms with van der Waals surface area (Å²) >= 11 is 0. The number of nitrogens with zero attached hydrogens (tertiary/aromatic N) is 3. The van der Waals surface area contributed by atoms with Crippen LogP contribution in [0, 0.1) is 5.41 Å².